The van der Waals surface area contributed by atoms with Gasteiger partial charge in [-0.3, -0.25) is 14.4 Å². The first kappa shape index (κ1) is 37.8. The Bertz CT molecular complexity index is 1730. The third-order valence-electron chi connectivity index (χ3n) is 9.35. The van der Waals surface area contributed by atoms with Gasteiger partial charge in [0.05, 0.1) is 16.1 Å². The first-order chi connectivity index (χ1) is 23.0. The number of aryl methyl sites for hydroxylation is 1. The number of alkyl carbamates (subject to hydrolysis) is 1. The highest BCUT2D eigenvalue weighted by Gasteiger charge is 2.47. The Morgan fingerprint density at radius 1 is 1.02 bits per heavy atom. The van der Waals surface area contributed by atoms with Crippen LogP contribution in [0.2, 0.25) is 10.0 Å². The van der Waals surface area contributed by atoms with E-state index in [0.717, 1.165) is 11.8 Å². The number of carbonyl (C=O) groups is 4. The summed E-state index contributed by atoms with van der Waals surface area (Å²) < 4.78 is 45.5. The van der Waals surface area contributed by atoms with E-state index in [9.17, 15) is 32.3 Å². The fraction of sp³-hybridized carbons (Fsp3) is 0.471. The standard InChI is InChI=1S/C34H40Cl2F3N5O5/c1-5-17(3)26(29(40)45)42-31(47)33(12-11-25-22(15-33)21-13-20(35)14-24(36)28(21)41-25)44-30(46)27(18(4)6-2)43-32(48)49-16-19-9-7-8-10-23(19)34(37,38)39/h7-10,13-14,17-18,26-27,41H,5-6,11-12,15-16H2,1-4H3,(H2,40,45)(H,42,47)(H,43,48)(H,44,46)/t17-,18?,26-,27?,33+/m0/s1. The highest BCUT2D eigenvalue weighted by Crippen LogP contribution is 2.38. The van der Waals surface area contributed by atoms with Crippen molar-refractivity contribution in [3.05, 3.63) is 68.8 Å². The molecular weight excluding hydrogens is 686 g/mol. The molecule has 6 N–H and O–H groups in total. The van der Waals surface area contributed by atoms with Crippen molar-refractivity contribution in [3.63, 3.8) is 0 Å². The number of alkyl halides is 3. The number of primary amides is 1. The number of carbonyl (C=O) groups excluding carboxylic acids is 4. The number of H-pyrrole nitrogens is 1. The maximum absolute atomic E-state index is 14.2. The number of aromatic nitrogens is 1. The van der Waals surface area contributed by atoms with Gasteiger partial charge in [0.15, 0.2) is 0 Å². The molecule has 266 valence electrons. The molecular formula is C34H40Cl2F3N5O5. The molecule has 0 fully saturated rings. The number of fused-ring (bicyclic) bond motifs is 3. The lowest BCUT2D eigenvalue weighted by atomic mass is 9.78. The molecule has 1 aliphatic rings. The van der Waals surface area contributed by atoms with Crippen molar-refractivity contribution in [1.82, 2.24) is 20.9 Å². The Balaban J connectivity index is 1.65. The zero-order chi connectivity index (χ0) is 36.3. The van der Waals surface area contributed by atoms with E-state index in [0.29, 0.717) is 45.8 Å². The summed E-state index contributed by atoms with van der Waals surface area (Å²) >= 11 is 12.8. The van der Waals surface area contributed by atoms with E-state index in [1.807, 2.05) is 6.92 Å². The van der Waals surface area contributed by atoms with E-state index in [-0.39, 0.29) is 24.3 Å². The molecule has 49 heavy (non-hydrogen) atoms. The number of nitrogens with two attached hydrogens (primary N) is 1. The van der Waals surface area contributed by atoms with Gasteiger partial charge < -0.3 is 31.4 Å². The van der Waals surface area contributed by atoms with Crippen molar-refractivity contribution in [2.24, 2.45) is 17.6 Å². The molecule has 15 heteroatoms. The summed E-state index contributed by atoms with van der Waals surface area (Å²) in [4.78, 5) is 57.0. The second-order valence-corrected chi connectivity index (χ2v) is 13.5. The molecule has 0 saturated heterocycles. The highest BCUT2D eigenvalue weighted by molar-refractivity contribution is 6.38. The first-order valence-electron chi connectivity index (χ1n) is 16.0. The van der Waals surface area contributed by atoms with Crippen LogP contribution in [0.1, 0.15) is 69.3 Å². The highest BCUT2D eigenvalue weighted by atomic mass is 35.5. The SMILES string of the molecule is CCC(C)C(NC(=O)OCc1ccccc1C(F)(F)F)C(=O)N[C@]1(C(=O)N[C@H](C(N)=O)[C@@H](C)CC)CCc2[nH]c3c(Cl)cc(Cl)cc3c2C1. The molecule has 1 aromatic heterocycles. The molecule has 3 aromatic rings. The number of nitrogens with one attached hydrogen (secondary N) is 4. The normalized spacial score (nSPS) is 18.5. The van der Waals surface area contributed by atoms with Crippen molar-refractivity contribution >= 4 is 57.9 Å². The summed E-state index contributed by atoms with van der Waals surface area (Å²) in [7, 11) is 0. The molecule has 10 nitrogen and oxygen atoms in total. The van der Waals surface area contributed by atoms with Gasteiger partial charge in [-0.05, 0) is 48.4 Å². The van der Waals surface area contributed by atoms with Crippen LogP contribution in [0.25, 0.3) is 10.9 Å². The summed E-state index contributed by atoms with van der Waals surface area (Å²) in [5, 5.41) is 9.53. The van der Waals surface area contributed by atoms with Crippen LogP contribution >= 0.6 is 23.2 Å². The second-order valence-electron chi connectivity index (χ2n) is 12.6. The van der Waals surface area contributed by atoms with Crippen molar-refractivity contribution in [3.8, 4) is 0 Å². The minimum Gasteiger partial charge on any atom is -0.445 e. The molecule has 2 aromatic carbocycles. The van der Waals surface area contributed by atoms with Gasteiger partial charge in [0.2, 0.25) is 17.7 Å². The Kier molecular flexibility index (Phi) is 11.8. The molecule has 0 aliphatic heterocycles. The molecule has 0 spiro atoms. The molecule has 0 radical (unpaired) electrons. The number of rotatable bonds is 12. The maximum atomic E-state index is 14.2. The Morgan fingerprint density at radius 3 is 2.31 bits per heavy atom. The summed E-state index contributed by atoms with van der Waals surface area (Å²) in [5.74, 6) is -2.91. The minimum atomic E-state index is -4.66. The number of aromatic amines is 1. The van der Waals surface area contributed by atoms with Crippen LogP contribution in [0.4, 0.5) is 18.0 Å². The monoisotopic (exact) mass is 725 g/mol. The summed E-state index contributed by atoms with van der Waals surface area (Å²) in [6, 6.07) is 5.71. The van der Waals surface area contributed by atoms with Gasteiger partial charge in [0.25, 0.3) is 0 Å². The van der Waals surface area contributed by atoms with Gasteiger partial charge in [-0.2, -0.15) is 13.2 Å². The lowest BCUT2D eigenvalue weighted by Crippen LogP contribution is -2.67. The molecule has 4 rings (SSSR count). The quantitative estimate of drug-likeness (QED) is 0.151. The van der Waals surface area contributed by atoms with Crippen LogP contribution in [0, 0.1) is 11.8 Å². The molecule has 5 atom stereocenters. The van der Waals surface area contributed by atoms with Crippen molar-refractivity contribution < 1.29 is 37.1 Å². The van der Waals surface area contributed by atoms with Crippen molar-refractivity contribution in [2.75, 3.05) is 0 Å². The number of hydrogen-bond donors (Lipinski definition) is 5. The smallest absolute Gasteiger partial charge is 0.416 e. The molecule has 4 amide bonds. The topological polar surface area (TPSA) is 155 Å². The number of hydrogen-bond acceptors (Lipinski definition) is 5. The van der Waals surface area contributed by atoms with Gasteiger partial charge in [-0.1, -0.05) is 81.9 Å². The minimum absolute atomic E-state index is 0.0194. The average molecular weight is 727 g/mol. The Labute approximate surface area is 292 Å². The first-order valence-corrected chi connectivity index (χ1v) is 16.8. The molecule has 0 bridgehead atoms. The zero-order valence-corrected chi connectivity index (χ0v) is 29.0. The molecule has 2 unspecified atom stereocenters. The zero-order valence-electron chi connectivity index (χ0n) is 27.5. The Morgan fingerprint density at radius 2 is 1.67 bits per heavy atom. The molecule has 0 saturated carbocycles. The largest absolute Gasteiger partial charge is 0.445 e. The maximum Gasteiger partial charge on any atom is 0.416 e. The van der Waals surface area contributed by atoms with Crippen LogP contribution in [-0.2, 0) is 44.7 Å². The van der Waals surface area contributed by atoms with E-state index in [1.54, 1.807) is 32.9 Å². The molecule has 1 heterocycles. The average Bonchev–Trinajstić information content (AvgIpc) is 3.41. The van der Waals surface area contributed by atoms with E-state index >= 15 is 0 Å². The lowest BCUT2D eigenvalue weighted by Gasteiger charge is -2.39. The van der Waals surface area contributed by atoms with E-state index < -0.39 is 65.7 Å². The van der Waals surface area contributed by atoms with Gasteiger partial charge >= 0.3 is 12.3 Å². The molecule has 1 aliphatic carbocycles. The Hall–Kier alpha value is -3.97. The van der Waals surface area contributed by atoms with E-state index in [2.05, 4.69) is 20.9 Å². The van der Waals surface area contributed by atoms with Gasteiger partial charge in [-0.25, -0.2) is 4.79 Å². The van der Waals surface area contributed by atoms with Crippen LogP contribution in [-0.4, -0.2) is 46.4 Å². The number of ether oxygens (including phenoxy) is 1. The number of halogens is 5. The van der Waals surface area contributed by atoms with E-state index in [1.165, 1.54) is 18.2 Å². The number of amides is 4. The van der Waals surface area contributed by atoms with Gasteiger partial charge in [0.1, 0.15) is 24.2 Å². The third kappa shape index (κ3) is 8.43. The summed E-state index contributed by atoms with van der Waals surface area (Å²) in [6.45, 7) is 6.41. The van der Waals surface area contributed by atoms with Crippen LogP contribution in [0.15, 0.2) is 36.4 Å². The van der Waals surface area contributed by atoms with Gasteiger partial charge in [0, 0.05) is 28.1 Å². The second kappa shape index (κ2) is 15.3. The fourth-order valence-electron chi connectivity index (χ4n) is 6.09. The van der Waals surface area contributed by atoms with Gasteiger partial charge in [-0.15, -0.1) is 0 Å². The van der Waals surface area contributed by atoms with Crippen molar-refractivity contribution in [2.45, 2.75) is 90.2 Å². The van der Waals surface area contributed by atoms with Crippen LogP contribution < -0.4 is 21.7 Å². The summed E-state index contributed by atoms with van der Waals surface area (Å²) in [5.41, 5.74) is 4.95. The van der Waals surface area contributed by atoms with Crippen LogP contribution in [0.5, 0.6) is 0 Å². The number of benzene rings is 2. The predicted molar refractivity (Wildman–Crippen MR) is 180 cm³/mol. The fourth-order valence-corrected chi connectivity index (χ4v) is 6.63. The van der Waals surface area contributed by atoms with Crippen LogP contribution in [0.3, 0.4) is 0 Å². The predicted octanol–water partition coefficient (Wildman–Crippen LogP) is 6.19. The summed E-state index contributed by atoms with van der Waals surface area (Å²) in [6.07, 6.45) is -4.44. The van der Waals surface area contributed by atoms with E-state index in [4.69, 9.17) is 33.7 Å². The third-order valence-corrected chi connectivity index (χ3v) is 9.87. The van der Waals surface area contributed by atoms with Crippen molar-refractivity contribution in [1.29, 1.82) is 0 Å². The lowest BCUT2D eigenvalue weighted by molar-refractivity contribution is -0.138.